The molecule has 3 aliphatic heterocycles. The SMILES string of the molecule is Cl.O=C(c1cccc2cccnc12)N1[C@@H]2CC[C@H]1[C@H]1CNC[C@H]12. The molecule has 2 aromatic rings. The minimum atomic E-state index is 0. The van der Waals surface area contributed by atoms with Gasteiger partial charge in [-0.15, -0.1) is 12.4 Å². The Morgan fingerprint density at radius 3 is 2.52 bits per heavy atom. The Balaban J connectivity index is 0.00000135. The molecule has 3 saturated heterocycles. The first kappa shape index (κ1) is 14.9. The number of pyridine rings is 1. The van der Waals surface area contributed by atoms with Crippen LogP contribution in [0.3, 0.4) is 0 Å². The summed E-state index contributed by atoms with van der Waals surface area (Å²) in [6, 6.07) is 10.7. The molecule has 0 unspecified atom stereocenters. The molecule has 1 amide bonds. The van der Waals surface area contributed by atoms with Gasteiger partial charge in [-0.2, -0.15) is 0 Å². The maximum absolute atomic E-state index is 13.2. The van der Waals surface area contributed by atoms with Gasteiger partial charge in [0.1, 0.15) is 0 Å². The van der Waals surface area contributed by atoms with Crippen molar-refractivity contribution >= 4 is 29.2 Å². The standard InChI is InChI=1S/C18H19N3O.ClH/c22-18(12-5-1-3-11-4-2-8-20-17(11)12)21-15-6-7-16(21)14-10-19-9-13(14)15;/h1-5,8,13-16,19H,6-7,9-10H2;1H/t13-,14+,15-,16+;. The van der Waals surface area contributed by atoms with Crippen LogP contribution in [0, 0.1) is 11.8 Å². The van der Waals surface area contributed by atoms with Gasteiger partial charge in [0.2, 0.25) is 0 Å². The van der Waals surface area contributed by atoms with Crippen LogP contribution in [0.15, 0.2) is 36.5 Å². The van der Waals surface area contributed by atoms with Crippen molar-refractivity contribution in [3.8, 4) is 0 Å². The molecule has 0 radical (unpaired) electrons. The lowest BCUT2D eigenvalue weighted by atomic mass is 9.82. The highest BCUT2D eigenvalue weighted by Crippen LogP contribution is 2.48. The Kier molecular flexibility index (Phi) is 3.54. The van der Waals surface area contributed by atoms with E-state index >= 15 is 0 Å². The maximum Gasteiger partial charge on any atom is 0.256 e. The van der Waals surface area contributed by atoms with E-state index < -0.39 is 0 Å². The summed E-state index contributed by atoms with van der Waals surface area (Å²) in [7, 11) is 0. The zero-order chi connectivity index (χ0) is 14.7. The van der Waals surface area contributed by atoms with Gasteiger partial charge in [-0.05, 0) is 36.8 Å². The first-order chi connectivity index (χ1) is 10.8. The normalized spacial score (nSPS) is 31.2. The number of carbonyl (C=O) groups is 1. The van der Waals surface area contributed by atoms with Crippen LogP contribution in [-0.2, 0) is 0 Å². The summed E-state index contributed by atoms with van der Waals surface area (Å²) < 4.78 is 0. The van der Waals surface area contributed by atoms with E-state index in [0.717, 1.165) is 42.4 Å². The molecule has 1 N–H and O–H groups in total. The number of carbonyl (C=O) groups excluding carboxylic acids is 1. The van der Waals surface area contributed by atoms with Crippen LogP contribution in [0.5, 0.6) is 0 Å². The van der Waals surface area contributed by atoms with Gasteiger partial charge in [-0.1, -0.05) is 18.2 Å². The van der Waals surface area contributed by atoms with Crippen molar-refractivity contribution in [1.82, 2.24) is 15.2 Å². The summed E-state index contributed by atoms with van der Waals surface area (Å²) in [4.78, 5) is 19.9. The fourth-order valence-electron chi connectivity index (χ4n) is 4.99. The molecule has 3 aliphatic rings. The van der Waals surface area contributed by atoms with E-state index in [1.807, 2.05) is 30.3 Å². The molecule has 1 aromatic carbocycles. The maximum atomic E-state index is 13.2. The van der Waals surface area contributed by atoms with Crippen molar-refractivity contribution in [3.63, 3.8) is 0 Å². The van der Waals surface area contributed by atoms with Gasteiger partial charge in [-0.25, -0.2) is 0 Å². The summed E-state index contributed by atoms with van der Waals surface area (Å²) in [5.41, 5.74) is 1.60. The first-order valence-electron chi connectivity index (χ1n) is 8.22. The number of hydrogen-bond donors (Lipinski definition) is 1. The number of aromatic nitrogens is 1. The average Bonchev–Trinajstić information content (AvgIpc) is 3.25. The van der Waals surface area contributed by atoms with Crippen molar-refractivity contribution in [3.05, 3.63) is 42.1 Å². The summed E-state index contributed by atoms with van der Waals surface area (Å²) in [6.07, 6.45) is 4.10. The van der Waals surface area contributed by atoms with Gasteiger partial charge in [0.25, 0.3) is 5.91 Å². The number of para-hydroxylation sites is 1. The highest BCUT2D eigenvalue weighted by molar-refractivity contribution is 6.05. The predicted octanol–water partition coefficient (Wildman–Crippen LogP) is 2.48. The van der Waals surface area contributed by atoms with Gasteiger partial charge in [-0.3, -0.25) is 9.78 Å². The summed E-state index contributed by atoms with van der Waals surface area (Å²) in [5, 5.41) is 4.55. The van der Waals surface area contributed by atoms with Gasteiger partial charge in [0.05, 0.1) is 11.1 Å². The third-order valence-corrected chi connectivity index (χ3v) is 5.87. The number of benzene rings is 1. The quantitative estimate of drug-likeness (QED) is 0.874. The molecule has 4 nitrogen and oxygen atoms in total. The van der Waals surface area contributed by atoms with E-state index in [1.165, 1.54) is 0 Å². The van der Waals surface area contributed by atoms with Crippen LogP contribution in [0.4, 0.5) is 0 Å². The number of amides is 1. The Labute approximate surface area is 141 Å². The smallest absolute Gasteiger partial charge is 0.256 e. The number of hydrogen-bond acceptors (Lipinski definition) is 3. The molecule has 23 heavy (non-hydrogen) atoms. The molecule has 4 atom stereocenters. The van der Waals surface area contributed by atoms with E-state index in [0.29, 0.717) is 23.9 Å². The van der Waals surface area contributed by atoms with Crippen molar-refractivity contribution in [1.29, 1.82) is 0 Å². The van der Waals surface area contributed by atoms with E-state index in [4.69, 9.17) is 0 Å². The molecule has 1 aromatic heterocycles. The number of halogens is 1. The van der Waals surface area contributed by atoms with E-state index in [2.05, 4.69) is 15.2 Å². The van der Waals surface area contributed by atoms with Crippen molar-refractivity contribution in [2.24, 2.45) is 11.8 Å². The Morgan fingerprint density at radius 2 is 1.78 bits per heavy atom. The van der Waals surface area contributed by atoms with Crippen LogP contribution in [0.2, 0.25) is 0 Å². The molecule has 2 bridgehead atoms. The second-order valence-electron chi connectivity index (χ2n) is 6.79. The van der Waals surface area contributed by atoms with Gasteiger partial charge < -0.3 is 10.2 Å². The molecular formula is C18H20ClN3O. The molecule has 120 valence electrons. The van der Waals surface area contributed by atoms with E-state index in [9.17, 15) is 4.79 Å². The predicted molar refractivity (Wildman–Crippen MR) is 91.8 cm³/mol. The first-order valence-corrected chi connectivity index (χ1v) is 8.22. The fourth-order valence-corrected chi connectivity index (χ4v) is 4.99. The molecule has 5 heteroatoms. The lowest BCUT2D eigenvalue weighted by molar-refractivity contribution is 0.0711. The lowest BCUT2D eigenvalue weighted by Crippen LogP contribution is -2.39. The average molecular weight is 330 g/mol. The van der Waals surface area contributed by atoms with Crippen LogP contribution >= 0.6 is 12.4 Å². The highest BCUT2D eigenvalue weighted by atomic mass is 35.5. The number of rotatable bonds is 1. The third kappa shape index (κ3) is 2.01. The monoisotopic (exact) mass is 329 g/mol. The molecule has 3 fully saturated rings. The Morgan fingerprint density at radius 1 is 1.09 bits per heavy atom. The molecule has 0 spiro atoms. The van der Waals surface area contributed by atoms with E-state index in [1.54, 1.807) is 6.20 Å². The topological polar surface area (TPSA) is 45.2 Å². The van der Waals surface area contributed by atoms with Crippen LogP contribution in [0.25, 0.3) is 10.9 Å². The van der Waals surface area contributed by atoms with Crippen LogP contribution in [0.1, 0.15) is 23.2 Å². The largest absolute Gasteiger partial charge is 0.332 e. The third-order valence-electron chi connectivity index (χ3n) is 5.87. The van der Waals surface area contributed by atoms with Crippen LogP contribution in [-0.4, -0.2) is 41.0 Å². The van der Waals surface area contributed by atoms with Gasteiger partial charge >= 0.3 is 0 Å². The number of fused-ring (bicyclic) bond motifs is 6. The molecule has 0 aliphatic carbocycles. The lowest BCUT2D eigenvalue weighted by Gasteiger charge is -2.25. The van der Waals surface area contributed by atoms with E-state index in [-0.39, 0.29) is 18.3 Å². The minimum absolute atomic E-state index is 0. The van der Waals surface area contributed by atoms with Gasteiger partial charge in [0.15, 0.2) is 0 Å². The minimum Gasteiger partial charge on any atom is -0.332 e. The molecule has 0 saturated carbocycles. The van der Waals surface area contributed by atoms with Crippen LogP contribution < -0.4 is 5.32 Å². The van der Waals surface area contributed by atoms with Gasteiger partial charge in [0, 0.05) is 36.8 Å². The molecule has 4 heterocycles. The Hall–Kier alpha value is -1.65. The summed E-state index contributed by atoms with van der Waals surface area (Å²) in [5.74, 6) is 1.50. The fraction of sp³-hybridized carbons (Fsp3) is 0.444. The number of nitrogens with one attached hydrogen (secondary N) is 1. The zero-order valence-corrected chi connectivity index (χ0v) is 13.6. The second-order valence-corrected chi connectivity index (χ2v) is 6.79. The Bertz CT molecular complexity index is 742. The van der Waals surface area contributed by atoms with Crippen molar-refractivity contribution < 1.29 is 4.79 Å². The van der Waals surface area contributed by atoms with Crippen molar-refractivity contribution in [2.45, 2.75) is 24.9 Å². The molecule has 5 rings (SSSR count). The highest BCUT2D eigenvalue weighted by Gasteiger charge is 2.56. The van der Waals surface area contributed by atoms with Crippen molar-refractivity contribution in [2.75, 3.05) is 13.1 Å². The number of nitrogens with zero attached hydrogens (tertiary/aromatic N) is 2. The molecular weight excluding hydrogens is 310 g/mol. The summed E-state index contributed by atoms with van der Waals surface area (Å²) >= 11 is 0. The summed E-state index contributed by atoms with van der Waals surface area (Å²) in [6.45, 7) is 2.15. The second kappa shape index (κ2) is 5.46. The zero-order valence-electron chi connectivity index (χ0n) is 12.8.